The van der Waals surface area contributed by atoms with Crippen LogP contribution in [0.4, 0.5) is 10.5 Å². The summed E-state index contributed by atoms with van der Waals surface area (Å²) in [5.41, 5.74) is 1.05. The van der Waals surface area contributed by atoms with Gasteiger partial charge in [-0.2, -0.15) is 0 Å². The Bertz CT molecular complexity index is 1100. The van der Waals surface area contributed by atoms with Gasteiger partial charge in [-0.05, 0) is 42.5 Å². The summed E-state index contributed by atoms with van der Waals surface area (Å²) in [6.07, 6.45) is 1.34. The smallest absolute Gasteiger partial charge is 0.335 e. The molecule has 0 bridgehead atoms. The van der Waals surface area contributed by atoms with Gasteiger partial charge in [0.1, 0.15) is 17.1 Å². The van der Waals surface area contributed by atoms with Crippen LogP contribution in [0.5, 0.6) is 0 Å². The van der Waals surface area contributed by atoms with Crippen LogP contribution in [0.2, 0.25) is 0 Å². The molecule has 6 nitrogen and oxygen atoms in total. The quantitative estimate of drug-likeness (QED) is 0.488. The average Bonchev–Trinajstić information content (AvgIpc) is 3.15. The molecular weight excluding hydrogens is 424 g/mol. The van der Waals surface area contributed by atoms with Gasteiger partial charge in [-0.15, -0.1) is 0 Å². The second-order valence-electron chi connectivity index (χ2n) is 6.00. The van der Waals surface area contributed by atoms with Crippen LogP contribution < -0.4 is 10.2 Å². The van der Waals surface area contributed by atoms with Crippen molar-refractivity contribution in [1.82, 2.24) is 5.32 Å². The van der Waals surface area contributed by atoms with Gasteiger partial charge in [0.15, 0.2) is 0 Å². The van der Waals surface area contributed by atoms with E-state index in [9.17, 15) is 14.4 Å². The van der Waals surface area contributed by atoms with E-state index in [4.69, 9.17) is 4.42 Å². The third-order valence-corrected chi connectivity index (χ3v) is 4.69. The fourth-order valence-electron chi connectivity index (χ4n) is 2.81. The van der Waals surface area contributed by atoms with Gasteiger partial charge in [0.25, 0.3) is 11.8 Å². The minimum atomic E-state index is -0.784. The summed E-state index contributed by atoms with van der Waals surface area (Å²) in [7, 11) is 0. The Morgan fingerprint density at radius 3 is 2.32 bits per heavy atom. The Labute approximate surface area is 168 Å². The summed E-state index contributed by atoms with van der Waals surface area (Å²) < 4.78 is 6.69. The molecule has 1 saturated heterocycles. The number of furan rings is 1. The molecule has 1 aliphatic rings. The van der Waals surface area contributed by atoms with Crippen LogP contribution in [0.1, 0.15) is 5.76 Å². The summed E-state index contributed by atoms with van der Waals surface area (Å²) in [5.74, 6) is -0.539. The molecule has 2 aromatic carbocycles. The van der Waals surface area contributed by atoms with E-state index in [0.717, 1.165) is 14.9 Å². The van der Waals surface area contributed by atoms with Crippen molar-refractivity contribution in [2.45, 2.75) is 0 Å². The van der Waals surface area contributed by atoms with E-state index in [1.165, 1.54) is 6.08 Å². The van der Waals surface area contributed by atoms with E-state index >= 15 is 0 Å². The van der Waals surface area contributed by atoms with Crippen molar-refractivity contribution in [3.05, 3.63) is 82.5 Å². The number of nitrogens with one attached hydrogen (secondary N) is 1. The van der Waals surface area contributed by atoms with Crippen LogP contribution >= 0.6 is 15.9 Å². The molecule has 1 aromatic heterocycles. The second-order valence-corrected chi connectivity index (χ2v) is 6.92. The number of hydrogen-bond acceptors (Lipinski definition) is 4. The zero-order chi connectivity index (χ0) is 19.7. The van der Waals surface area contributed by atoms with Crippen molar-refractivity contribution in [2.24, 2.45) is 0 Å². The maximum Gasteiger partial charge on any atom is 0.335 e. The molecule has 0 saturated carbocycles. The number of hydrogen-bond donors (Lipinski definition) is 1. The molecule has 4 amide bonds. The highest BCUT2D eigenvalue weighted by molar-refractivity contribution is 9.10. The van der Waals surface area contributed by atoms with Crippen LogP contribution in [-0.2, 0) is 9.59 Å². The van der Waals surface area contributed by atoms with Crippen LogP contribution in [0.25, 0.3) is 17.4 Å². The highest BCUT2D eigenvalue weighted by Crippen LogP contribution is 2.26. The molecule has 0 radical (unpaired) electrons. The van der Waals surface area contributed by atoms with Gasteiger partial charge < -0.3 is 4.42 Å². The lowest BCUT2D eigenvalue weighted by atomic mass is 10.1. The summed E-state index contributed by atoms with van der Waals surface area (Å²) in [5, 5.41) is 2.19. The fourth-order valence-corrected chi connectivity index (χ4v) is 3.08. The highest BCUT2D eigenvalue weighted by atomic mass is 79.9. The first-order chi connectivity index (χ1) is 13.5. The average molecular weight is 437 g/mol. The summed E-state index contributed by atoms with van der Waals surface area (Å²) in [6, 6.07) is 18.6. The van der Waals surface area contributed by atoms with Crippen molar-refractivity contribution in [3.8, 4) is 11.3 Å². The van der Waals surface area contributed by atoms with E-state index in [0.29, 0.717) is 17.2 Å². The molecule has 3 aromatic rings. The highest BCUT2D eigenvalue weighted by Gasteiger charge is 2.36. The number of halogens is 1. The Morgan fingerprint density at radius 1 is 0.893 bits per heavy atom. The number of anilines is 1. The number of amides is 4. The van der Waals surface area contributed by atoms with E-state index < -0.39 is 17.8 Å². The number of barbiturate groups is 1. The van der Waals surface area contributed by atoms with Gasteiger partial charge in [-0.3, -0.25) is 14.9 Å². The molecule has 1 fully saturated rings. The molecule has 7 heteroatoms. The van der Waals surface area contributed by atoms with Gasteiger partial charge in [0.05, 0.1) is 5.69 Å². The second kappa shape index (κ2) is 7.28. The van der Waals surface area contributed by atoms with E-state index in [1.807, 2.05) is 24.3 Å². The first-order valence-corrected chi connectivity index (χ1v) is 9.14. The van der Waals surface area contributed by atoms with Crippen LogP contribution in [0.15, 0.2) is 81.2 Å². The molecule has 1 aliphatic heterocycles. The lowest BCUT2D eigenvalue weighted by molar-refractivity contribution is -0.122. The van der Waals surface area contributed by atoms with Crippen LogP contribution in [-0.4, -0.2) is 17.8 Å². The maximum atomic E-state index is 12.8. The van der Waals surface area contributed by atoms with Gasteiger partial charge in [-0.25, -0.2) is 9.69 Å². The normalized spacial score (nSPS) is 15.8. The number of rotatable bonds is 3. The number of carbonyl (C=O) groups is 3. The minimum Gasteiger partial charge on any atom is -0.457 e. The molecule has 0 atom stereocenters. The zero-order valence-corrected chi connectivity index (χ0v) is 16.0. The molecule has 138 valence electrons. The lowest BCUT2D eigenvalue weighted by Crippen LogP contribution is -2.54. The van der Waals surface area contributed by atoms with E-state index in [1.54, 1.807) is 42.5 Å². The number of nitrogens with zero attached hydrogens (tertiary/aromatic N) is 1. The summed E-state index contributed by atoms with van der Waals surface area (Å²) in [4.78, 5) is 38.1. The SMILES string of the molecule is O=C1NC(=O)N(c2ccccc2)C(=O)C1=Cc1ccc(-c2ccc(Br)cc2)o1. The van der Waals surface area contributed by atoms with Crippen LogP contribution in [0.3, 0.4) is 0 Å². The van der Waals surface area contributed by atoms with Gasteiger partial charge in [0, 0.05) is 10.0 Å². The predicted molar refractivity (Wildman–Crippen MR) is 107 cm³/mol. The maximum absolute atomic E-state index is 12.8. The standard InChI is InChI=1S/C21H13BrN2O4/c22-14-8-6-13(7-9-14)18-11-10-16(28-18)12-17-19(25)23-21(27)24(20(17)26)15-4-2-1-3-5-15/h1-12H,(H,23,25,27). The Balaban J connectivity index is 1.67. The predicted octanol–water partition coefficient (Wildman–Crippen LogP) is 4.38. The van der Waals surface area contributed by atoms with Crippen molar-refractivity contribution < 1.29 is 18.8 Å². The Morgan fingerprint density at radius 2 is 1.61 bits per heavy atom. The fraction of sp³-hybridized carbons (Fsp3) is 0. The number of benzene rings is 2. The van der Waals surface area contributed by atoms with Crippen molar-refractivity contribution in [3.63, 3.8) is 0 Å². The monoisotopic (exact) mass is 436 g/mol. The number of urea groups is 1. The molecule has 2 heterocycles. The number of carbonyl (C=O) groups excluding carboxylic acids is 3. The van der Waals surface area contributed by atoms with E-state index in [-0.39, 0.29) is 5.57 Å². The molecule has 1 N–H and O–H groups in total. The lowest BCUT2D eigenvalue weighted by Gasteiger charge is -2.26. The number of para-hydroxylation sites is 1. The Kier molecular flexibility index (Phi) is 4.67. The van der Waals surface area contributed by atoms with Crippen molar-refractivity contribution >= 4 is 45.5 Å². The van der Waals surface area contributed by atoms with Crippen molar-refractivity contribution in [1.29, 1.82) is 0 Å². The summed E-state index contributed by atoms with van der Waals surface area (Å²) in [6.45, 7) is 0. The van der Waals surface area contributed by atoms with Crippen molar-refractivity contribution in [2.75, 3.05) is 4.90 Å². The summed E-state index contributed by atoms with van der Waals surface area (Å²) >= 11 is 3.38. The topological polar surface area (TPSA) is 79.6 Å². The zero-order valence-electron chi connectivity index (χ0n) is 14.4. The molecule has 4 rings (SSSR count). The molecule has 0 spiro atoms. The van der Waals surface area contributed by atoms with Crippen LogP contribution in [0, 0.1) is 0 Å². The Hall–Kier alpha value is -3.45. The largest absolute Gasteiger partial charge is 0.457 e. The van der Waals surface area contributed by atoms with Gasteiger partial charge >= 0.3 is 6.03 Å². The third-order valence-electron chi connectivity index (χ3n) is 4.16. The molecular formula is C21H13BrN2O4. The van der Waals surface area contributed by atoms with E-state index in [2.05, 4.69) is 21.2 Å². The molecule has 0 aliphatic carbocycles. The van der Waals surface area contributed by atoms with Gasteiger partial charge in [0.2, 0.25) is 0 Å². The molecule has 0 unspecified atom stereocenters. The third kappa shape index (κ3) is 3.39. The number of imide groups is 2. The first-order valence-electron chi connectivity index (χ1n) is 8.35. The first kappa shape index (κ1) is 17.9. The van der Waals surface area contributed by atoms with Gasteiger partial charge in [-0.1, -0.05) is 46.3 Å². The molecule has 28 heavy (non-hydrogen) atoms. The minimum absolute atomic E-state index is 0.180.